The Balaban J connectivity index is 0.882. The molecule has 12 aromatic carbocycles. The van der Waals surface area contributed by atoms with Crippen LogP contribution >= 0.6 is 0 Å². The molecule has 0 amide bonds. The van der Waals surface area contributed by atoms with Crippen LogP contribution in [0.4, 0.5) is 8.78 Å². The molecule has 6 nitrogen and oxygen atoms in total. The van der Waals surface area contributed by atoms with Crippen LogP contribution < -0.4 is 9.47 Å². The predicted molar refractivity (Wildman–Crippen MR) is 530 cm³/mol. The number of aromatic nitrogens is 2. The van der Waals surface area contributed by atoms with E-state index >= 15 is 8.78 Å². The van der Waals surface area contributed by atoms with E-state index in [-0.39, 0.29) is 68.0 Å². The maximum Gasteiger partial charge on any atom is 0.147 e. The number of aryl methyl sites for hydroxylation is 2. The van der Waals surface area contributed by atoms with Crippen molar-refractivity contribution in [2.75, 3.05) is 13.2 Å². The van der Waals surface area contributed by atoms with Gasteiger partial charge in [-0.25, -0.2) is 8.78 Å². The lowest BCUT2D eigenvalue weighted by molar-refractivity contribution is 0.246. The highest BCUT2D eigenvalue weighted by atomic mass is 19.1. The molecular weight excluding hydrogens is 1540 g/mol. The van der Waals surface area contributed by atoms with Gasteiger partial charge in [0.05, 0.1) is 46.7 Å². The zero-order valence-electron chi connectivity index (χ0n) is 81.0. The van der Waals surface area contributed by atoms with Gasteiger partial charge in [0.1, 0.15) is 34.6 Å². The van der Waals surface area contributed by atoms with Gasteiger partial charge in [0.2, 0.25) is 0 Å². The molecule has 0 atom stereocenters. The summed E-state index contributed by atoms with van der Waals surface area (Å²) in [5, 5.41) is 31.5. The summed E-state index contributed by atoms with van der Waals surface area (Å²) >= 11 is 0. The summed E-state index contributed by atoms with van der Waals surface area (Å²) in [4.78, 5) is 0. The topological polar surface area (TPSA) is 68.8 Å². The third-order valence-corrected chi connectivity index (χ3v) is 25.8. The summed E-state index contributed by atoms with van der Waals surface area (Å²) in [5.74, 6) is -0.143. The van der Waals surface area contributed by atoms with Crippen LogP contribution in [0.5, 0.6) is 23.0 Å². The molecule has 652 valence electrons. The zero-order valence-corrected chi connectivity index (χ0v) is 81.0. The summed E-state index contributed by atoms with van der Waals surface area (Å²) in [5.41, 5.74) is 26.1. The smallest absolute Gasteiger partial charge is 0.147 e. The molecule has 0 aliphatic carbocycles. The minimum atomic E-state index is -0.470. The number of fused-ring (bicyclic) bond motifs is 6. The van der Waals surface area contributed by atoms with Crippen molar-refractivity contribution in [3.05, 3.63) is 273 Å². The number of benzene rings is 12. The first-order valence-electron chi connectivity index (χ1n) is 45.2. The minimum Gasteiger partial charge on any atom is -0.505 e. The summed E-state index contributed by atoms with van der Waals surface area (Å²) in [6.07, 6.45) is 0.348. The fourth-order valence-electron chi connectivity index (χ4n) is 17.4. The van der Waals surface area contributed by atoms with E-state index in [1.807, 2.05) is 26.0 Å². The van der Waals surface area contributed by atoms with Crippen molar-refractivity contribution < 1.29 is 28.5 Å². The maximum absolute atomic E-state index is 16.7. The van der Waals surface area contributed by atoms with E-state index in [9.17, 15) is 10.2 Å². The second-order valence-electron chi connectivity index (χ2n) is 46.3. The summed E-state index contributed by atoms with van der Waals surface area (Å²) < 4.78 is 51.9. The van der Waals surface area contributed by atoms with Crippen LogP contribution in [0.2, 0.25) is 0 Å². The lowest BCUT2D eigenvalue weighted by Gasteiger charge is -2.26. The highest BCUT2D eigenvalue weighted by Crippen LogP contribution is 2.52. The molecule has 2 N–H and O–H groups in total. The molecule has 0 spiro atoms. The Labute approximate surface area is 745 Å². The number of phenolic OH excluding ortho intramolecular Hbond substituents is 2. The molecule has 0 saturated heterocycles. The average molecular weight is 1670 g/mol. The van der Waals surface area contributed by atoms with Crippen LogP contribution in [-0.2, 0) is 54.1 Å². The molecule has 8 heteroatoms. The Hall–Kier alpha value is -10.7. The number of aromatic hydroxyl groups is 2. The zero-order chi connectivity index (χ0) is 91.4. The third kappa shape index (κ3) is 18.3. The Bertz CT molecular complexity index is 5800. The fourth-order valence-corrected chi connectivity index (χ4v) is 17.4. The molecule has 2 aromatic heterocycles. The Morgan fingerprint density at radius 2 is 0.448 bits per heavy atom. The van der Waals surface area contributed by atoms with Crippen LogP contribution in [-0.4, -0.2) is 32.6 Å². The SMILES string of the molecule is Cc1cc(F)cc(-c2cc(C(C)(C)C)cc(-n3c4cc(-c5cc(C(C)(C)C)cc(C(C)(C)C)c5)ccc4c4ccc(-c5cc(C(C)(C)C)cc(C(C)(C)C)c5)cc43)c2O)c1OCCCOc1c(C)cc(F)cc1-c1cc(C(C)(C)C)cc(-n2c3cc(-c4cc(C(C)(C)C)cc(C(C)(C)C)c4)ccc3c3ccc(-c4cc(C(C)(C)C)cc(C(C)(C)C)c4)cc32)c1O. The van der Waals surface area contributed by atoms with Crippen molar-refractivity contribution in [1.82, 2.24) is 9.13 Å². The van der Waals surface area contributed by atoms with Crippen LogP contribution in [0, 0.1) is 25.5 Å². The van der Waals surface area contributed by atoms with Crippen LogP contribution in [0.15, 0.2) is 194 Å². The Morgan fingerprint density at radius 1 is 0.240 bits per heavy atom. The number of rotatable bonds is 14. The quantitative estimate of drug-likeness (QED) is 0.106. The lowest BCUT2D eigenvalue weighted by atomic mass is 9.79. The number of nitrogens with zero attached hydrogens (tertiary/aromatic N) is 2. The van der Waals surface area contributed by atoms with Crippen molar-refractivity contribution in [2.24, 2.45) is 0 Å². The first-order chi connectivity index (χ1) is 57.7. The van der Waals surface area contributed by atoms with Crippen molar-refractivity contribution in [2.45, 2.75) is 282 Å². The number of ether oxygens (including phenoxy) is 2. The second-order valence-corrected chi connectivity index (χ2v) is 46.3. The third-order valence-electron chi connectivity index (χ3n) is 25.8. The molecule has 125 heavy (non-hydrogen) atoms. The minimum absolute atomic E-state index is 0.0256. The number of halogens is 2. The van der Waals surface area contributed by atoms with Gasteiger partial charge in [-0.05, 0) is 252 Å². The van der Waals surface area contributed by atoms with Gasteiger partial charge in [-0.2, -0.15) is 0 Å². The van der Waals surface area contributed by atoms with Crippen LogP contribution in [0.1, 0.15) is 281 Å². The molecule has 0 unspecified atom stereocenters. The van der Waals surface area contributed by atoms with Gasteiger partial charge >= 0.3 is 0 Å². The lowest BCUT2D eigenvalue weighted by Crippen LogP contribution is -2.16. The van der Waals surface area contributed by atoms with E-state index in [1.165, 1.54) is 68.8 Å². The average Bonchev–Trinajstić information content (AvgIpc) is 1.58. The molecule has 0 radical (unpaired) electrons. The van der Waals surface area contributed by atoms with Gasteiger partial charge < -0.3 is 28.8 Å². The number of hydrogen-bond donors (Lipinski definition) is 2. The molecule has 0 saturated carbocycles. The van der Waals surface area contributed by atoms with E-state index in [1.54, 1.807) is 0 Å². The molecular formula is C117H136F2N2O4. The van der Waals surface area contributed by atoms with Crippen molar-refractivity contribution in [3.8, 4) is 101 Å². The standard InChI is InChI=1S/C117H136F2N2O4/c1-68-44-88(118)66-96(94-62-86(116(27,28)29)64-102(104(94)122)120-98-54-70(74-46-78(108(3,4)5)58-79(47-74)109(6,7)8)34-38-90(98)91-39-35-71(55-99(91)120)75-48-80(110(9,10)11)59-81(49-75)111(12,13)14)106(68)124-42-33-43-125-107-69(2)45-89(119)67-97(107)95-63-87(117(30,31)32)65-103(105(95)123)121-100-56-72(76-50-82(112(15,16)17)60-83(51-76)113(18,19)20)36-40-92(100)93-41-37-73(57-101(93)121)77-52-84(114(21,22)23)61-85(53-77)115(24,25)26/h34-41,44-67,122-123H,33,42-43H2,1-32H3. The van der Waals surface area contributed by atoms with Crippen LogP contribution in [0.3, 0.4) is 0 Å². The predicted octanol–water partition coefficient (Wildman–Crippen LogP) is 33.0. The Kier molecular flexibility index (Phi) is 23.0. The number of phenols is 2. The highest BCUT2D eigenvalue weighted by molar-refractivity contribution is 6.13. The molecule has 0 aliphatic rings. The van der Waals surface area contributed by atoms with E-state index in [4.69, 9.17) is 9.47 Å². The normalized spacial score (nSPS) is 13.2. The van der Waals surface area contributed by atoms with E-state index < -0.39 is 22.5 Å². The van der Waals surface area contributed by atoms with Gasteiger partial charge in [0, 0.05) is 50.2 Å². The second kappa shape index (κ2) is 31.7. The summed E-state index contributed by atoms with van der Waals surface area (Å²) in [7, 11) is 0. The van der Waals surface area contributed by atoms with Crippen molar-refractivity contribution in [3.63, 3.8) is 0 Å². The van der Waals surface area contributed by atoms with Crippen molar-refractivity contribution in [1.29, 1.82) is 0 Å². The highest BCUT2D eigenvalue weighted by Gasteiger charge is 2.33. The summed E-state index contributed by atoms with van der Waals surface area (Å²) in [6, 6.07) is 69.4. The maximum atomic E-state index is 16.7. The molecule has 14 aromatic rings. The monoisotopic (exact) mass is 1670 g/mol. The van der Waals surface area contributed by atoms with Gasteiger partial charge in [-0.1, -0.05) is 329 Å². The molecule has 14 rings (SSSR count). The summed E-state index contributed by atoms with van der Waals surface area (Å²) in [6.45, 7) is 71.5. The molecule has 0 fully saturated rings. The fraction of sp³-hybridized carbons (Fsp3) is 0.385. The van der Waals surface area contributed by atoms with E-state index in [0.29, 0.717) is 62.7 Å². The first kappa shape index (κ1) is 90.5. The first-order valence-corrected chi connectivity index (χ1v) is 45.2. The Morgan fingerprint density at radius 3 is 0.656 bits per heavy atom. The van der Waals surface area contributed by atoms with E-state index in [2.05, 4.69) is 375 Å². The van der Waals surface area contributed by atoms with Crippen LogP contribution in [0.25, 0.3) is 122 Å². The van der Waals surface area contributed by atoms with Gasteiger partial charge in [-0.3, -0.25) is 0 Å². The van der Waals surface area contributed by atoms with E-state index in [0.717, 1.165) is 99.2 Å². The molecule has 2 heterocycles. The van der Waals surface area contributed by atoms with Crippen molar-refractivity contribution >= 4 is 43.6 Å². The largest absolute Gasteiger partial charge is 0.505 e. The number of hydrogen-bond acceptors (Lipinski definition) is 4. The van der Waals surface area contributed by atoms with Gasteiger partial charge in [0.25, 0.3) is 0 Å². The molecule has 0 bridgehead atoms. The molecule has 0 aliphatic heterocycles. The van der Waals surface area contributed by atoms with Gasteiger partial charge in [0.15, 0.2) is 0 Å². The van der Waals surface area contributed by atoms with Gasteiger partial charge in [-0.15, -0.1) is 0 Å².